The number of benzene rings is 4. The third-order valence-electron chi connectivity index (χ3n) is 6.00. The number of halogens is 1. The first-order chi connectivity index (χ1) is 17.3. The zero-order chi connectivity index (χ0) is 25.5. The van der Waals surface area contributed by atoms with Gasteiger partial charge in [-0.05, 0) is 59.5 Å². The second-order valence-corrected chi connectivity index (χ2v) is 11.0. The number of hydrogen-bond acceptors (Lipinski definition) is 5. The van der Waals surface area contributed by atoms with E-state index in [1.54, 1.807) is 24.3 Å². The Kier molecular flexibility index (Phi) is 8.44. The molecule has 0 bridgehead atoms. The lowest BCUT2D eigenvalue weighted by atomic mass is 10.1. The summed E-state index contributed by atoms with van der Waals surface area (Å²) in [4.78, 5) is 2.37. The number of aliphatic hydroxyl groups excluding tert-OH is 1. The molecule has 0 amide bonds. The van der Waals surface area contributed by atoms with Crippen molar-refractivity contribution in [2.24, 2.45) is 0 Å². The highest BCUT2D eigenvalue weighted by molar-refractivity contribution is 7.91. The zero-order valence-corrected chi connectivity index (χ0v) is 21.2. The Morgan fingerprint density at radius 3 is 2.31 bits per heavy atom. The first-order valence-corrected chi connectivity index (χ1v) is 13.5. The van der Waals surface area contributed by atoms with Crippen molar-refractivity contribution >= 4 is 21.4 Å². The molecule has 0 fully saturated rings. The fourth-order valence-corrected chi connectivity index (χ4v) is 5.93. The van der Waals surface area contributed by atoms with Gasteiger partial charge in [-0.15, -0.1) is 0 Å². The molecule has 0 aromatic heterocycles. The van der Waals surface area contributed by atoms with Crippen LogP contribution in [0.3, 0.4) is 0 Å². The maximum atomic E-state index is 13.4. The molecule has 0 aliphatic heterocycles. The molecule has 5 nitrogen and oxygen atoms in total. The summed E-state index contributed by atoms with van der Waals surface area (Å²) in [7, 11) is -3.81. The van der Waals surface area contributed by atoms with Crippen LogP contribution in [0.4, 0.5) is 0 Å². The van der Waals surface area contributed by atoms with E-state index in [2.05, 4.69) is 4.90 Å². The number of phenols is 1. The Morgan fingerprint density at radius 1 is 0.833 bits per heavy atom. The maximum Gasteiger partial charge on any atom is 0.206 e. The summed E-state index contributed by atoms with van der Waals surface area (Å²) in [6.07, 6.45) is -0.290. The summed E-state index contributed by atoms with van der Waals surface area (Å²) < 4.78 is 26.7. The molecule has 0 saturated carbocycles. The highest BCUT2D eigenvalue weighted by atomic mass is 35.5. The number of rotatable bonds is 10. The van der Waals surface area contributed by atoms with Crippen LogP contribution in [0.25, 0.3) is 0 Å². The summed E-state index contributed by atoms with van der Waals surface area (Å²) in [6, 6.07) is 29.7. The normalized spacial score (nSPS) is 12.5. The molecule has 0 heterocycles. The fraction of sp³-hybridized carbons (Fsp3) is 0.172. The van der Waals surface area contributed by atoms with Gasteiger partial charge in [-0.1, -0.05) is 78.3 Å². The van der Waals surface area contributed by atoms with E-state index in [-0.39, 0.29) is 15.5 Å². The van der Waals surface area contributed by atoms with Crippen molar-refractivity contribution in [1.82, 2.24) is 4.90 Å². The molecule has 4 rings (SSSR count). The number of aliphatic hydroxyl groups is 1. The third kappa shape index (κ3) is 6.53. The van der Waals surface area contributed by atoms with Gasteiger partial charge in [-0.25, -0.2) is 8.42 Å². The Morgan fingerprint density at radius 2 is 1.56 bits per heavy atom. The van der Waals surface area contributed by atoms with Crippen LogP contribution in [0.2, 0.25) is 5.02 Å². The smallest absolute Gasteiger partial charge is 0.206 e. The number of nitrogens with zero attached hydrogens (tertiary/aromatic N) is 1. The molecule has 2 N–H and O–H groups in total. The van der Waals surface area contributed by atoms with Crippen molar-refractivity contribution in [3.63, 3.8) is 0 Å². The minimum absolute atomic E-state index is 0.0486. The van der Waals surface area contributed by atoms with Crippen molar-refractivity contribution < 1.29 is 18.6 Å². The highest BCUT2D eigenvalue weighted by Gasteiger charge is 2.22. The van der Waals surface area contributed by atoms with Gasteiger partial charge < -0.3 is 10.2 Å². The van der Waals surface area contributed by atoms with Crippen LogP contribution in [-0.2, 0) is 22.8 Å². The summed E-state index contributed by atoms with van der Waals surface area (Å²) in [6.45, 7) is 1.48. The van der Waals surface area contributed by atoms with Gasteiger partial charge in [0.05, 0.1) is 15.9 Å². The van der Waals surface area contributed by atoms with E-state index in [1.165, 1.54) is 24.3 Å². The number of sulfone groups is 1. The van der Waals surface area contributed by atoms with Crippen LogP contribution in [0, 0.1) is 0 Å². The van der Waals surface area contributed by atoms with Crippen molar-refractivity contribution in [1.29, 1.82) is 0 Å². The van der Waals surface area contributed by atoms with Crippen molar-refractivity contribution in [2.75, 3.05) is 13.1 Å². The predicted molar refractivity (Wildman–Crippen MR) is 142 cm³/mol. The van der Waals surface area contributed by atoms with Gasteiger partial charge >= 0.3 is 0 Å². The quantitative estimate of drug-likeness (QED) is 0.282. The molecule has 0 unspecified atom stereocenters. The van der Waals surface area contributed by atoms with Gasteiger partial charge in [0.15, 0.2) is 0 Å². The van der Waals surface area contributed by atoms with Gasteiger partial charge in [-0.2, -0.15) is 0 Å². The summed E-state index contributed by atoms with van der Waals surface area (Å²) >= 11 is 6.12. The molecule has 1 atom stereocenters. The molecule has 7 heteroatoms. The second-order valence-electron chi connectivity index (χ2n) is 8.65. The van der Waals surface area contributed by atoms with Crippen molar-refractivity contribution in [2.45, 2.75) is 28.9 Å². The van der Waals surface area contributed by atoms with Crippen LogP contribution in [0.15, 0.2) is 113 Å². The van der Waals surface area contributed by atoms with E-state index in [0.29, 0.717) is 36.6 Å². The lowest BCUT2D eigenvalue weighted by Crippen LogP contribution is -2.30. The summed E-state index contributed by atoms with van der Waals surface area (Å²) in [5.74, 6) is -0.0994. The second kappa shape index (κ2) is 11.7. The Bertz CT molecular complexity index is 1410. The zero-order valence-electron chi connectivity index (χ0n) is 19.7. The van der Waals surface area contributed by atoms with E-state index in [9.17, 15) is 18.6 Å². The van der Waals surface area contributed by atoms with E-state index < -0.39 is 15.9 Å². The maximum absolute atomic E-state index is 13.4. The molecule has 0 saturated heterocycles. The molecule has 0 aliphatic rings. The molecule has 0 aliphatic carbocycles. The van der Waals surface area contributed by atoms with E-state index in [0.717, 1.165) is 11.1 Å². The molecule has 0 spiro atoms. The standard InChI is InChI=1S/C29H28ClNO4S/c30-25-12-6-11-24(18-25)28(33)21-31(20-22-8-2-1-3-9-22)17-16-23-10-4-5-15-29(23)36(34,35)27-14-7-13-26(32)19-27/h1-15,18-19,28,32-33H,16-17,20-21H2/t28-/m0/s1. The number of hydrogen-bond donors (Lipinski definition) is 2. The lowest BCUT2D eigenvalue weighted by molar-refractivity contribution is 0.109. The molecular weight excluding hydrogens is 494 g/mol. The molecule has 4 aromatic rings. The summed E-state index contributed by atoms with van der Waals surface area (Å²) in [5, 5.41) is 21.3. The minimum atomic E-state index is -3.81. The van der Waals surface area contributed by atoms with E-state index in [4.69, 9.17) is 11.6 Å². The average Bonchev–Trinajstić information content (AvgIpc) is 2.88. The van der Waals surface area contributed by atoms with Crippen LogP contribution in [0.5, 0.6) is 5.75 Å². The highest BCUT2D eigenvalue weighted by Crippen LogP contribution is 2.27. The Labute approximate surface area is 217 Å². The molecule has 4 aromatic carbocycles. The molecular formula is C29H28ClNO4S. The first kappa shape index (κ1) is 25.9. The molecule has 186 valence electrons. The molecule has 36 heavy (non-hydrogen) atoms. The third-order valence-corrected chi connectivity index (χ3v) is 8.09. The largest absolute Gasteiger partial charge is 0.508 e. The van der Waals surface area contributed by atoms with E-state index >= 15 is 0 Å². The summed E-state index contributed by atoms with van der Waals surface area (Å²) in [5.41, 5.74) is 2.50. The van der Waals surface area contributed by atoms with Crippen molar-refractivity contribution in [3.05, 3.63) is 125 Å². The van der Waals surface area contributed by atoms with Gasteiger partial charge in [0.2, 0.25) is 9.84 Å². The SMILES string of the molecule is O=S(=O)(c1cccc(O)c1)c1ccccc1CCN(Cc1ccccc1)C[C@H](O)c1cccc(Cl)c1. The van der Waals surface area contributed by atoms with Crippen LogP contribution in [0.1, 0.15) is 22.8 Å². The van der Waals surface area contributed by atoms with Crippen LogP contribution >= 0.6 is 11.6 Å². The van der Waals surface area contributed by atoms with Gasteiger partial charge in [0.25, 0.3) is 0 Å². The van der Waals surface area contributed by atoms with E-state index in [1.807, 2.05) is 54.6 Å². The molecule has 0 radical (unpaired) electrons. The van der Waals surface area contributed by atoms with Gasteiger partial charge in [0.1, 0.15) is 5.75 Å². The minimum Gasteiger partial charge on any atom is -0.508 e. The number of phenolic OH excluding ortho intramolecular Hbond substituents is 1. The van der Waals surface area contributed by atoms with Gasteiger partial charge in [0, 0.05) is 24.7 Å². The monoisotopic (exact) mass is 521 g/mol. The van der Waals surface area contributed by atoms with Crippen LogP contribution in [-0.4, -0.2) is 36.6 Å². The van der Waals surface area contributed by atoms with Crippen LogP contribution < -0.4 is 0 Å². The van der Waals surface area contributed by atoms with Gasteiger partial charge in [-0.3, -0.25) is 4.90 Å². The Hall–Kier alpha value is -3.16. The average molecular weight is 522 g/mol. The predicted octanol–water partition coefficient (Wildman–Crippen LogP) is 5.66. The fourth-order valence-electron chi connectivity index (χ4n) is 4.17. The first-order valence-electron chi connectivity index (χ1n) is 11.6. The van der Waals surface area contributed by atoms with Crippen molar-refractivity contribution in [3.8, 4) is 5.75 Å². The Balaban J connectivity index is 1.57. The number of aromatic hydroxyl groups is 1. The topological polar surface area (TPSA) is 77.8 Å². The lowest BCUT2D eigenvalue weighted by Gasteiger charge is -2.26.